The van der Waals surface area contributed by atoms with Crippen LogP contribution in [0.3, 0.4) is 0 Å². The second kappa shape index (κ2) is 7.38. The second-order valence-corrected chi connectivity index (χ2v) is 4.86. The van der Waals surface area contributed by atoms with E-state index in [0.717, 1.165) is 5.56 Å². The number of nitro benzene ring substituents is 1. The van der Waals surface area contributed by atoms with Crippen LogP contribution in [0.15, 0.2) is 54.6 Å². The van der Waals surface area contributed by atoms with Crippen LogP contribution in [0.25, 0.3) is 6.08 Å². The van der Waals surface area contributed by atoms with Gasteiger partial charge in [-0.25, -0.2) is 4.79 Å². The first-order valence-electron chi connectivity index (χ1n) is 6.38. The van der Waals surface area contributed by atoms with Crippen molar-refractivity contribution in [2.45, 2.75) is 6.61 Å². The number of carbonyl (C=O) groups excluding carboxylic acids is 1. The maximum Gasteiger partial charge on any atom is 0.331 e. The minimum atomic E-state index is -0.502. The van der Waals surface area contributed by atoms with E-state index in [1.165, 1.54) is 18.2 Å². The monoisotopic (exact) mass is 317 g/mol. The molecule has 112 valence electrons. The average Bonchev–Trinajstić information content (AvgIpc) is 2.51. The van der Waals surface area contributed by atoms with Crippen LogP contribution in [0.5, 0.6) is 0 Å². The Balaban J connectivity index is 1.88. The zero-order valence-corrected chi connectivity index (χ0v) is 12.2. The Hall–Kier alpha value is -2.66. The molecular weight excluding hydrogens is 306 g/mol. The quantitative estimate of drug-likeness (QED) is 0.361. The molecule has 0 heterocycles. The molecule has 0 atom stereocenters. The zero-order chi connectivity index (χ0) is 15.9. The Morgan fingerprint density at radius 2 is 1.95 bits per heavy atom. The lowest BCUT2D eigenvalue weighted by Crippen LogP contribution is -2.00. The fourth-order valence-corrected chi connectivity index (χ4v) is 1.89. The molecule has 0 aromatic heterocycles. The SMILES string of the molecule is O=C(/C=C/c1cccc(Cl)c1)OCc1ccc([N+](=O)[O-])cc1. The Morgan fingerprint density at radius 1 is 1.23 bits per heavy atom. The number of benzene rings is 2. The number of carbonyl (C=O) groups is 1. The summed E-state index contributed by atoms with van der Waals surface area (Å²) in [7, 11) is 0. The summed E-state index contributed by atoms with van der Waals surface area (Å²) in [5.74, 6) is -0.502. The van der Waals surface area contributed by atoms with E-state index in [-0.39, 0.29) is 12.3 Å². The summed E-state index contributed by atoms with van der Waals surface area (Å²) < 4.78 is 5.05. The van der Waals surface area contributed by atoms with Gasteiger partial charge in [0.1, 0.15) is 6.61 Å². The first-order valence-corrected chi connectivity index (χ1v) is 6.76. The van der Waals surface area contributed by atoms with E-state index < -0.39 is 10.9 Å². The highest BCUT2D eigenvalue weighted by Gasteiger charge is 2.05. The predicted molar refractivity (Wildman–Crippen MR) is 83.4 cm³/mol. The molecule has 0 radical (unpaired) electrons. The van der Waals surface area contributed by atoms with Gasteiger partial charge in [0.05, 0.1) is 4.92 Å². The first-order chi connectivity index (χ1) is 10.5. The van der Waals surface area contributed by atoms with Crippen LogP contribution in [-0.2, 0) is 16.1 Å². The molecule has 0 amide bonds. The average molecular weight is 318 g/mol. The highest BCUT2D eigenvalue weighted by molar-refractivity contribution is 6.30. The Labute approximate surface area is 131 Å². The molecule has 0 saturated carbocycles. The van der Waals surface area contributed by atoms with E-state index in [2.05, 4.69) is 0 Å². The highest BCUT2D eigenvalue weighted by atomic mass is 35.5. The predicted octanol–water partition coefficient (Wildman–Crippen LogP) is 4.00. The number of esters is 1. The van der Waals surface area contributed by atoms with Crippen LogP contribution in [-0.4, -0.2) is 10.9 Å². The van der Waals surface area contributed by atoms with Crippen molar-refractivity contribution in [1.82, 2.24) is 0 Å². The van der Waals surface area contributed by atoms with E-state index >= 15 is 0 Å². The molecule has 0 spiro atoms. The van der Waals surface area contributed by atoms with E-state index in [4.69, 9.17) is 16.3 Å². The van der Waals surface area contributed by atoms with Crippen LogP contribution < -0.4 is 0 Å². The van der Waals surface area contributed by atoms with Gasteiger partial charge in [0, 0.05) is 23.2 Å². The summed E-state index contributed by atoms with van der Waals surface area (Å²) in [4.78, 5) is 21.6. The maximum atomic E-state index is 11.6. The molecule has 22 heavy (non-hydrogen) atoms. The maximum absolute atomic E-state index is 11.6. The minimum Gasteiger partial charge on any atom is -0.458 e. The van der Waals surface area contributed by atoms with Gasteiger partial charge in [-0.1, -0.05) is 23.7 Å². The lowest BCUT2D eigenvalue weighted by molar-refractivity contribution is -0.384. The Kier molecular flexibility index (Phi) is 5.27. The highest BCUT2D eigenvalue weighted by Crippen LogP contribution is 2.13. The third kappa shape index (κ3) is 4.71. The number of ether oxygens (including phenoxy) is 1. The van der Waals surface area contributed by atoms with Crippen molar-refractivity contribution in [2.24, 2.45) is 0 Å². The summed E-state index contributed by atoms with van der Waals surface area (Å²) in [6.45, 7) is 0.0523. The number of non-ortho nitro benzene ring substituents is 1. The molecular formula is C16H12ClNO4. The van der Waals surface area contributed by atoms with Gasteiger partial charge in [-0.15, -0.1) is 0 Å². The van der Waals surface area contributed by atoms with Gasteiger partial charge in [-0.05, 0) is 41.5 Å². The molecule has 2 aromatic rings. The minimum absolute atomic E-state index is 0.00377. The lowest BCUT2D eigenvalue weighted by atomic mass is 10.2. The Morgan fingerprint density at radius 3 is 2.59 bits per heavy atom. The van der Waals surface area contributed by atoms with Gasteiger partial charge in [-0.3, -0.25) is 10.1 Å². The second-order valence-electron chi connectivity index (χ2n) is 4.42. The van der Waals surface area contributed by atoms with Crippen LogP contribution in [0.1, 0.15) is 11.1 Å². The summed E-state index contributed by atoms with van der Waals surface area (Å²) in [5.41, 5.74) is 1.46. The van der Waals surface area contributed by atoms with Gasteiger partial charge in [-0.2, -0.15) is 0 Å². The van der Waals surface area contributed by atoms with Gasteiger partial charge in [0.15, 0.2) is 0 Å². The molecule has 0 bridgehead atoms. The Bertz CT molecular complexity index is 710. The van der Waals surface area contributed by atoms with Gasteiger partial charge < -0.3 is 4.74 Å². The van der Waals surface area contributed by atoms with E-state index in [1.54, 1.807) is 36.4 Å². The van der Waals surface area contributed by atoms with Crippen molar-refractivity contribution < 1.29 is 14.5 Å². The number of halogens is 1. The molecule has 0 unspecified atom stereocenters. The summed E-state index contributed by atoms with van der Waals surface area (Å²) in [6, 6.07) is 12.9. The zero-order valence-electron chi connectivity index (χ0n) is 11.4. The molecule has 5 nitrogen and oxygen atoms in total. The number of hydrogen-bond donors (Lipinski definition) is 0. The molecule has 0 aliphatic heterocycles. The summed E-state index contributed by atoms with van der Waals surface area (Å²) in [5, 5.41) is 11.1. The molecule has 0 fully saturated rings. The number of rotatable bonds is 5. The fourth-order valence-electron chi connectivity index (χ4n) is 1.69. The largest absolute Gasteiger partial charge is 0.458 e. The van der Waals surface area contributed by atoms with Gasteiger partial charge in [0.2, 0.25) is 0 Å². The normalized spacial score (nSPS) is 10.6. The van der Waals surface area contributed by atoms with Crippen molar-refractivity contribution in [2.75, 3.05) is 0 Å². The van der Waals surface area contributed by atoms with E-state index in [0.29, 0.717) is 10.6 Å². The third-order valence-corrected chi connectivity index (χ3v) is 3.02. The van der Waals surface area contributed by atoms with Crippen molar-refractivity contribution in [3.63, 3.8) is 0 Å². The molecule has 6 heteroatoms. The number of nitro groups is 1. The lowest BCUT2D eigenvalue weighted by Gasteiger charge is -2.02. The fraction of sp³-hybridized carbons (Fsp3) is 0.0625. The molecule has 0 aliphatic carbocycles. The molecule has 0 aliphatic rings. The molecule has 2 aromatic carbocycles. The van der Waals surface area contributed by atoms with Crippen molar-refractivity contribution in [1.29, 1.82) is 0 Å². The van der Waals surface area contributed by atoms with Crippen LogP contribution in [0.4, 0.5) is 5.69 Å². The van der Waals surface area contributed by atoms with E-state index in [9.17, 15) is 14.9 Å². The number of hydrogen-bond acceptors (Lipinski definition) is 4. The first kappa shape index (κ1) is 15.7. The molecule has 2 rings (SSSR count). The van der Waals surface area contributed by atoms with Gasteiger partial charge >= 0.3 is 5.97 Å². The van der Waals surface area contributed by atoms with Crippen LogP contribution in [0.2, 0.25) is 5.02 Å². The van der Waals surface area contributed by atoms with Crippen LogP contribution in [0, 0.1) is 10.1 Å². The number of nitrogens with zero attached hydrogens (tertiary/aromatic N) is 1. The van der Waals surface area contributed by atoms with Crippen molar-refractivity contribution >= 4 is 29.3 Å². The topological polar surface area (TPSA) is 69.4 Å². The summed E-state index contributed by atoms with van der Waals surface area (Å²) >= 11 is 5.84. The summed E-state index contributed by atoms with van der Waals surface area (Å²) in [6.07, 6.45) is 2.90. The van der Waals surface area contributed by atoms with Crippen LogP contribution >= 0.6 is 11.6 Å². The van der Waals surface area contributed by atoms with E-state index in [1.807, 2.05) is 6.07 Å². The van der Waals surface area contributed by atoms with Crippen molar-refractivity contribution in [3.05, 3.63) is 80.9 Å². The molecule has 0 saturated heterocycles. The third-order valence-electron chi connectivity index (χ3n) is 2.79. The smallest absolute Gasteiger partial charge is 0.331 e. The van der Waals surface area contributed by atoms with Gasteiger partial charge in [0.25, 0.3) is 5.69 Å². The standard InChI is InChI=1S/C16H12ClNO4/c17-14-3-1-2-12(10-14)6-9-16(19)22-11-13-4-7-15(8-5-13)18(20)21/h1-10H,11H2/b9-6+. The van der Waals surface area contributed by atoms with Crippen molar-refractivity contribution in [3.8, 4) is 0 Å². The molecule has 0 N–H and O–H groups in total.